The number of nitrogens with one attached hydrogen (secondary N) is 1. The lowest BCUT2D eigenvalue weighted by molar-refractivity contribution is -0.147. The van der Waals surface area contributed by atoms with Crippen LogP contribution in [0.25, 0.3) is 0 Å². The van der Waals surface area contributed by atoms with E-state index in [2.05, 4.69) is 59.0 Å². The van der Waals surface area contributed by atoms with Gasteiger partial charge in [-0.3, -0.25) is 9.59 Å². The fourth-order valence-electron chi connectivity index (χ4n) is 4.48. The molecule has 3 rings (SSSR count). The average molecular weight is 385 g/mol. The van der Waals surface area contributed by atoms with Gasteiger partial charge >= 0.3 is 0 Å². The minimum Gasteiger partial charge on any atom is -0.350 e. The lowest BCUT2D eigenvalue weighted by Gasteiger charge is -2.43. The molecule has 0 aromatic heterocycles. The van der Waals surface area contributed by atoms with Crippen molar-refractivity contribution in [1.29, 1.82) is 0 Å². The number of hydrogen-bond acceptors (Lipinski definition) is 2. The van der Waals surface area contributed by atoms with E-state index in [-0.39, 0.29) is 40.6 Å². The highest BCUT2D eigenvalue weighted by Gasteiger charge is 2.49. The monoisotopic (exact) mass is 384 g/mol. The highest BCUT2D eigenvalue weighted by Crippen LogP contribution is 2.49. The number of carbonyl (C=O) groups excluding carboxylic acids is 2. The van der Waals surface area contributed by atoms with Gasteiger partial charge in [-0.15, -0.1) is 0 Å². The molecule has 1 N–H and O–H groups in total. The third-order valence-electron chi connectivity index (χ3n) is 5.73. The zero-order chi connectivity index (χ0) is 20.7. The predicted molar refractivity (Wildman–Crippen MR) is 113 cm³/mol. The molecule has 1 heterocycles. The summed E-state index contributed by atoms with van der Waals surface area (Å²) in [6.45, 7) is 13.6. The molecule has 2 amide bonds. The van der Waals surface area contributed by atoms with E-state index >= 15 is 0 Å². The van der Waals surface area contributed by atoms with Crippen LogP contribution in [-0.4, -0.2) is 35.3 Å². The molecule has 154 valence electrons. The van der Waals surface area contributed by atoms with Gasteiger partial charge in [-0.2, -0.15) is 0 Å². The number of amides is 2. The van der Waals surface area contributed by atoms with Crippen LogP contribution in [0.5, 0.6) is 0 Å². The van der Waals surface area contributed by atoms with Crippen LogP contribution < -0.4 is 5.32 Å². The van der Waals surface area contributed by atoms with Gasteiger partial charge in [0, 0.05) is 18.5 Å². The Hall–Kier alpha value is -1.84. The van der Waals surface area contributed by atoms with Crippen LogP contribution in [0, 0.1) is 16.7 Å². The molecule has 4 heteroatoms. The summed E-state index contributed by atoms with van der Waals surface area (Å²) < 4.78 is 0. The summed E-state index contributed by atoms with van der Waals surface area (Å²) in [5.41, 5.74) is 1.33. The number of hydrogen-bond donors (Lipinski definition) is 1. The van der Waals surface area contributed by atoms with E-state index in [1.807, 2.05) is 23.1 Å². The van der Waals surface area contributed by atoms with E-state index in [4.69, 9.17) is 0 Å². The highest BCUT2D eigenvalue weighted by atomic mass is 16.2. The third kappa shape index (κ3) is 5.15. The Balaban J connectivity index is 1.78. The second kappa shape index (κ2) is 7.53. The second-order valence-electron chi connectivity index (χ2n) is 11.1. The van der Waals surface area contributed by atoms with E-state index in [0.717, 1.165) is 12.8 Å². The molecule has 4 nitrogen and oxygen atoms in total. The van der Waals surface area contributed by atoms with Gasteiger partial charge < -0.3 is 10.2 Å². The summed E-state index contributed by atoms with van der Waals surface area (Å²) in [7, 11) is 0. The molecule has 1 aromatic rings. The fourth-order valence-corrected chi connectivity index (χ4v) is 4.48. The van der Waals surface area contributed by atoms with Gasteiger partial charge in [0.25, 0.3) is 0 Å². The standard InChI is InChI=1S/C24H36N2O2/c1-23(2,3)13-17-15-26(20(21(27)25-17)14-24(4,5)6)22(28)19-12-18(19)16-10-8-7-9-11-16/h7-11,17-20H,12-15H2,1-6H3,(H,25,27)/t17-,18-,19+,20-/m0/s1. The molecule has 0 spiro atoms. The third-order valence-corrected chi connectivity index (χ3v) is 5.73. The Bertz CT molecular complexity index is 714. The topological polar surface area (TPSA) is 49.4 Å². The Kier molecular flexibility index (Phi) is 5.62. The number of nitrogens with zero attached hydrogens (tertiary/aromatic N) is 1. The van der Waals surface area contributed by atoms with Crippen molar-refractivity contribution in [1.82, 2.24) is 10.2 Å². The molecule has 2 aliphatic rings. The van der Waals surface area contributed by atoms with Gasteiger partial charge in [-0.1, -0.05) is 71.9 Å². The van der Waals surface area contributed by atoms with Crippen LogP contribution in [0.2, 0.25) is 0 Å². The molecular formula is C24H36N2O2. The van der Waals surface area contributed by atoms with Gasteiger partial charge in [-0.25, -0.2) is 0 Å². The SMILES string of the molecule is CC(C)(C)C[C@H]1CN(C(=O)[C@@H]2C[C@H]2c2ccccc2)[C@@H](CC(C)(C)C)C(=O)N1. The molecule has 0 unspecified atom stereocenters. The first-order valence-electron chi connectivity index (χ1n) is 10.6. The molecular weight excluding hydrogens is 348 g/mol. The smallest absolute Gasteiger partial charge is 0.243 e. The van der Waals surface area contributed by atoms with Crippen molar-refractivity contribution in [2.24, 2.45) is 16.7 Å². The van der Waals surface area contributed by atoms with Gasteiger partial charge in [-0.05, 0) is 41.6 Å². The van der Waals surface area contributed by atoms with E-state index < -0.39 is 0 Å². The number of piperazine rings is 1. The summed E-state index contributed by atoms with van der Waals surface area (Å²) in [4.78, 5) is 28.3. The predicted octanol–water partition coefficient (Wildman–Crippen LogP) is 4.36. The molecule has 1 saturated carbocycles. The quantitative estimate of drug-likeness (QED) is 0.838. The van der Waals surface area contributed by atoms with Gasteiger partial charge in [0.1, 0.15) is 6.04 Å². The number of carbonyl (C=O) groups is 2. The molecule has 1 aliphatic carbocycles. The average Bonchev–Trinajstić information content (AvgIpc) is 3.35. The van der Waals surface area contributed by atoms with Crippen molar-refractivity contribution in [3.8, 4) is 0 Å². The van der Waals surface area contributed by atoms with Gasteiger partial charge in [0.15, 0.2) is 0 Å². The van der Waals surface area contributed by atoms with Gasteiger partial charge in [0.2, 0.25) is 11.8 Å². The Morgan fingerprint density at radius 2 is 1.64 bits per heavy atom. The molecule has 1 saturated heterocycles. The number of benzene rings is 1. The minimum atomic E-state index is -0.360. The summed E-state index contributed by atoms with van der Waals surface area (Å²) in [5.74, 6) is 0.499. The summed E-state index contributed by atoms with van der Waals surface area (Å²) in [6, 6.07) is 9.96. The van der Waals surface area contributed by atoms with Crippen LogP contribution in [0.4, 0.5) is 0 Å². The highest BCUT2D eigenvalue weighted by molar-refractivity contribution is 5.91. The summed E-state index contributed by atoms with van der Waals surface area (Å²) >= 11 is 0. The summed E-state index contributed by atoms with van der Waals surface area (Å²) in [6.07, 6.45) is 2.46. The lowest BCUT2D eigenvalue weighted by Crippen LogP contribution is -2.63. The largest absolute Gasteiger partial charge is 0.350 e. The van der Waals surface area contributed by atoms with Crippen molar-refractivity contribution in [2.45, 2.75) is 78.8 Å². The molecule has 0 radical (unpaired) electrons. The fraction of sp³-hybridized carbons (Fsp3) is 0.667. The van der Waals surface area contributed by atoms with Crippen LogP contribution in [-0.2, 0) is 9.59 Å². The summed E-state index contributed by atoms with van der Waals surface area (Å²) in [5, 5.41) is 3.20. The van der Waals surface area contributed by atoms with Crippen molar-refractivity contribution in [2.75, 3.05) is 6.54 Å². The molecule has 1 aliphatic heterocycles. The van der Waals surface area contributed by atoms with Crippen molar-refractivity contribution in [3.05, 3.63) is 35.9 Å². The molecule has 4 atom stereocenters. The van der Waals surface area contributed by atoms with E-state index in [1.54, 1.807) is 0 Å². The first-order valence-corrected chi connectivity index (χ1v) is 10.6. The van der Waals surface area contributed by atoms with Crippen LogP contribution in [0.1, 0.15) is 72.3 Å². The lowest BCUT2D eigenvalue weighted by atomic mass is 9.83. The maximum atomic E-state index is 13.4. The molecule has 0 bridgehead atoms. The molecule has 1 aromatic carbocycles. The molecule has 2 fully saturated rings. The van der Waals surface area contributed by atoms with Crippen LogP contribution in [0.3, 0.4) is 0 Å². The Morgan fingerprint density at radius 3 is 2.21 bits per heavy atom. The first kappa shape index (κ1) is 20.9. The van der Waals surface area contributed by atoms with Crippen molar-refractivity contribution in [3.63, 3.8) is 0 Å². The van der Waals surface area contributed by atoms with Gasteiger partial charge in [0.05, 0.1) is 0 Å². The zero-order valence-corrected chi connectivity index (χ0v) is 18.3. The Morgan fingerprint density at radius 1 is 1.04 bits per heavy atom. The van der Waals surface area contributed by atoms with E-state index in [1.165, 1.54) is 5.56 Å². The van der Waals surface area contributed by atoms with E-state index in [0.29, 0.717) is 18.9 Å². The maximum absolute atomic E-state index is 13.4. The number of rotatable bonds is 4. The van der Waals surface area contributed by atoms with Crippen molar-refractivity contribution < 1.29 is 9.59 Å². The molecule has 28 heavy (non-hydrogen) atoms. The normalized spacial score (nSPS) is 28.1. The minimum absolute atomic E-state index is 0.0141. The maximum Gasteiger partial charge on any atom is 0.243 e. The van der Waals surface area contributed by atoms with Crippen molar-refractivity contribution >= 4 is 11.8 Å². The second-order valence-corrected chi connectivity index (χ2v) is 11.1. The first-order chi connectivity index (χ1) is 12.9. The van der Waals surface area contributed by atoms with Crippen LogP contribution >= 0.6 is 0 Å². The van der Waals surface area contributed by atoms with Crippen LogP contribution in [0.15, 0.2) is 30.3 Å². The zero-order valence-electron chi connectivity index (χ0n) is 18.3. The Labute approximate surface area is 170 Å². The van der Waals surface area contributed by atoms with E-state index in [9.17, 15) is 9.59 Å².